The number of para-hydroxylation sites is 1. The van der Waals surface area contributed by atoms with Crippen LogP contribution in [0.4, 0.5) is 0 Å². The topological polar surface area (TPSA) is 50.9 Å². The second-order valence-corrected chi connectivity index (χ2v) is 19.8. The first-order chi connectivity index (χ1) is 31.9. The van der Waals surface area contributed by atoms with Crippen molar-refractivity contribution in [2.24, 2.45) is 0 Å². The SMILES string of the molecule is [2H]c1c([2H])c(C(C)(C)C)c([2H])c([2H])c1-c1ccnc(-c2cc(-c3cccc4c3nc(-c3cc(C(C)C)cc(C(C)C)c3O)n4-c3ccc(C([2H])(C)C)cc3-c3ccccc3)cc(C(C)(C)C)c2)c1. The van der Waals surface area contributed by atoms with Crippen LogP contribution in [0.25, 0.3) is 72.7 Å². The summed E-state index contributed by atoms with van der Waals surface area (Å²) in [7, 11) is 0. The molecule has 1 N–H and O–H groups in total. The van der Waals surface area contributed by atoms with Crippen molar-refractivity contribution in [2.75, 3.05) is 0 Å². The molecule has 0 radical (unpaired) electrons. The molecule has 63 heavy (non-hydrogen) atoms. The maximum Gasteiger partial charge on any atom is 0.149 e. The number of benzene rings is 6. The first kappa shape index (κ1) is 37.3. The van der Waals surface area contributed by atoms with Crippen molar-refractivity contribution < 1.29 is 12.0 Å². The van der Waals surface area contributed by atoms with Crippen molar-refractivity contribution in [3.63, 3.8) is 0 Å². The number of aromatic hydroxyl groups is 1. The van der Waals surface area contributed by atoms with E-state index in [9.17, 15) is 5.11 Å². The van der Waals surface area contributed by atoms with Crippen LogP contribution < -0.4 is 0 Å². The van der Waals surface area contributed by atoms with Gasteiger partial charge in [0.05, 0.1) is 33.5 Å². The second kappa shape index (κ2) is 16.8. The van der Waals surface area contributed by atoms with Gasteiger partial charge in [0.15, 0.2) is 0 Å². The summed E-state index contributed by atoms with van der Waals surface area (Å²) in [5.74, 6) is 0.189. The van der Waals surface area contributed by atoms with Crippen LogP contribution in [0.2, 0.25) is 0 Å². The number of phenols is 1. The molecule has 320 valence electrons. The third kappa shape index (κ3) is 8.61. The molecule has 0 saturated heterocycles. The Hall–Kier alpha value is -6.26. The van der Waals surface area contributed by atoms with Crippen molar-refractivity contribution in [2.45, 2.75) is 112 Å². The van der Waals surface area contributed by atoms with E-state index in [4.69, 9.17) is 16.8 Å². The van der Waals surface area contributed by atoms with Gasteiger partial charge in [-0.3, -0.25) is 9.55 Å². The first-order valence-corrected chi connectivity index (χ1v) is 22.2. The highest BCUT2D eigenvalue weighted by atomic mass is 16.3. The molecule has 0 bridgehead atoms. The van der Waals surface area contributed by atoms with Crippen LogP contribution in [-0.4, -0.2) is 19.6 Å². The number of fused-ring (bicyclic) bond motifs is 1. The van der Waals surface area contributed by atoms with Crippen LogP contribution in [-0.2, 0) is 10.8 Å². The second-order valence-electron chi connectivity index (χ2n) is 19.8. The highest BCUT2D eigenvalue weighted by Crippen LogP contribution is 2.45. The summed E-state index contributed by atoms with van der Waals surface area (Å²) in [4.78, 5) is 10.4. The van der Waals surface area contributed by atoms with Crippen molar-refractivity contribution in [1.82, 2.24) is 14.5 Å². The van der Waals surface area contributed by atoms with Gasteiger partial charge in [-0.05, 0) is 127 Å². The van der Waals surface area contributed by atoms with E-state index in [2.05, 4.69) is 126 Å². The Morgan fingerprint density at radius 2 is 1.25 bits per heavy atom. The van der Waals surface area contributed by atoms with E-state index in [1.807, 2.05) is 65.0 Å². The number of aromatic nitrogens is 3. The van der Waals surface area contributed by atoms with Gasteiger partial charge in [-0.1, -0.05) is 168 Å². The quantitative estimate of drug-likeness (QED) is 0.158. The molecule has 0 amide bonds. The smallest absolute Gasteiger partial charge is 0.149 e. The van der Waals surface area contributed by atoms with E-state index >= 15 is 0 Å². The van der Waals surface area contributed by atoms with Crippen molar-refractivity contribution in [3.8, 4) is 67.5 Å². The summed E-state index contributed by atoms with van der Waals surface area (Å²) in [5.41, 5.74) is 12.5. The Balaban J connectivity index is 1.42. The average Bonchev–Trinajstić information content (AvgIpc) is 3.67. The average molecular weight is 835 g/mol. The maximum atomic E-state index is 12.3. The molecule has 8 rings (SSSR count). The van der Waals surface area contributed by atoms with Gasteiger partial charge in [0.2, 0.25) is 0 Å². The fourth-order valence-electron chi connectivity index (χ4n) is 8.21. The highest BCUT2D eigenvalue weighted by Gasteiger charge is 2.26. The molecule has 4 heteroatoms. The number of rotatable bonds is 9. The summed E-state index contributed by atoms with van der Waals surface area (Å²) >= 11 is 0. The molecule has 2 aromatic heterocycles. The van der Waals surface area contributed by atoms with Gasteiger partial charge in [-0.25, -0.2) is 4.98 Å². The monoisotopic (exact) mass is 835 g/mol. The molecular weight excluding hydrogens is 767 g/mol. The molecule has 0 saturated carbocycles. The zero-order chi connectivity index (χ0) is 49.4. The van der Waals surface area contributed by atoms with Crippen molar-refractivity contribution >= 4 is 11.0 Å². The highest BCUT2D eigenvalue weighted by molar-refractivity contribution is 5.98. The lowest BCUT2D eigenvalue weighted by Gasteiger charge is -2.22. The van der Waals surface area contributed by atoms with Gasteiger partial charge in [0.25, 0.3) is 0 Å². The van der Waals surface area contributed by atoms with Crippen LogP contribution in [0.15, 0.2) is 140 Å². The Labute approximate surface area is 382 Å². The summed E-state index contributed by atoms with van der Waals surface area (Å²) in [6, 6.07) is 36.8. The third-order valence-corrected chi connectivity index (χ3v) is 12.1. The number of hydrogen-bond acceptors (Lipinski definition) is 3. The third-order valence-electron chi connectivity index (χ3n) is 12.1. The van der Waals surface area contributed by atoms with Crippen LogP contribution in [0, 0.1) is 0 Å². The Morgan fingerprint density at radius 3 is 1.90 bits per heavy atom. The van der Waals surface area contributed by atoms with Crippen LogP contribution in [0.5, 0.6) is 5.75 Å². The van der Waals surface area contributed by atoms with Crippen LogP contribution in [0.1, 0.15) is 135 Å². The largest absolute Gasteiger partial charge is 0.507 e. The van der Waals surface area contributed by atoms with Crippen molar-refractivity contribution in [3.05, 3.63) is 167 Å². The molecule has 6 aromatic carbocycles. The van der Waals surface area contributed by atoms with E-state index in [1.165, 1.54) is 0 Å². The normalized spacial score (nSPS) is 13.6. The summed E-state index contributed by atoms with van der Waals surface area (Å²) in [6.45, 7) is 24.6. The summed E-state index contributed by atoms with van der Waals surface area (Å²) in [5, 5.41) is 12.3. The predicted molar refractivity (Wildman–Crippen MR) is 267 cm³/mol. The van der Waals surface area contributed by atoms with Gasteiger partial charge in [0.1, 0.15) is 11.6 Å². The lowest BCUT2D eigenvalue weighted by atomic mass is 9.83. The first-order valence-electron chi connectivity index (χ1n) is 24.7. The molecule has 2 heterocycles. The number of hydrogen-bond donors (Lipinski definition) is 1. The van der Waals surface area contributed by atoms with E-state index in [-0.39, 0.29) is 52.7 Å². The summed E-state index contributed by atoms with van der Waals surface area (Å²) in [6.07, 6.45) is 1.67. The molecule has 0 aliphatic rings. The van der Waals surface area contributed by atoms with E-state index in [0.29, 0.717) is 28.2 Å². The summed E-state index contributed by atoms with van der Waals surface area (Å²) < 4.78 is 47.2. The zero-order valence-electron chi connectivity index (χ0n) is 43.9. The van der Waals surface area contributed by atoms with E-state index in [1.54, 1.807) is 12.3 Å². The number of imidazole rings is 1. The number of nitrogens with zero attached hydrogens (tertiary/aromatic N) is 3. The van der Waals surface area contributed by atoms with Gasteiger partial charge in [0, 0.05) is 24.3 Å². The van der Waals surface area contributed by atoms with Gasteiger partial charge in [-0.2, -0.15) is 0 Å². The molecule has 8 aromatic rings. The molecule has 0 unspecified atom stereocenters. The molecule has 0 fully saturated rings. The van der Waals surface area contributed by atoms with E-state index < -0.39 is 11.3 Å². The van der Waals surface area contributed by atoms with Gasteiger partial charge in [-0.15, -0.1) is 0 Å². The minimum absolute atomic E-state index is 0.0347. The van der Waals surface area contributed by atoms with Gasteiger partial charge >= 0.3 is 0 Å². The van der Waals surface area contributed by atoms with Crippen molar-refractivity contribution in [1.29, 1.82) is 0 Å². The Morgan fingerprint density at radius 1 is 0.571 bits per heavy atom. The Bertz CT molecular complexity index is 3210. The minimum atomic E-state index is -0.853. The molecule has 0 aliphatic carbocycles. The zero-order valence-corrected chi connectivity index (χ0v) is 38.9. The van der Waals surface area contributed by atoms with Gasteiger partial charge < -0.3 is 5.11 Å². The lowest BCUT2D eigenvalue weighted by Crippen LogP contribution is -2.11. The Kier molecular flexibility index (Phi) is 9.94. The van der Waals surface area contributed by atoms with E-state index in [0.717, 1.165) is 66.8 Å². The minimum Gasteiger partial charge on any atom is -0.507 e. The molecule has 4 nitrogen and oxygen atoms in total. The fraction of sp³-hybridized carbons (Fsp3) is 0.288. The van der Waals surface area contributed by atoms with Crippen LogP contribution >= 0.6 is 0 Å². The molecular formula is C59H63N3O. The van der Waals surface area contributed by atoms with Crippen LogP contribution in [0.3, 0.4) is 0 Å². The standard InChI is InChI=1S/C59H63N3O/c1-36(2)41-23-26-53(50(32-41)40-17-14-13-15-18-40)62-54-20-16-19-48(55(54)61-57(62)51-34-43(37(3)4)33-49(38(5)6)56(51)63)44-29-45(31-47(30-44)59(10,11)12)52-35-42(27-28-60-52)39-21-24-46(25-22-39)58(7,8)9/h13-38,63H,1-12H3/i21D,22D,24D,25D,36D. The lowest BCUT2D eigenvalue weighted by molar-refractivity contribution is 0.466. The fourth-order valence-corrected chi connectivity index (χ4v) is 8.21. The number of pyridine rings is 1. The predicted octanol–water partition coefficient (Wildman–Crippen LogP) is 16.4. The molecule has 0 spiro atoms. The molecule has 0 atom stereocenters. The maximum absolute atomic E-state index is 12.3. The number of phenolic OH excluding ortho intramolecular Hbond substituents is 1. The molecule has 0 aliphatic heterocycles.